The zero-order valence-corrected chi connectivity index (χ0v) is 14.1. The van der Waals surface area contributed by atoms with Crippen LogP contribution in [0.2, 0.25) is 0 Å². The molecule has 0 bridgehead atoms. The molecule has 0 aliphatic carbocycles. The number of hydrogen-bond acceptors (Lipinski definition) is 3. The van der Waals surface area contributed by atoms with E-state index in [1.165, 1.54) is 11.8 Å². The van der Waals surface area contributed by atoms with E-state index < -0.39 is 5.91 Å². The van der Waals surface area contributed by atoms with Crippen molar-refractivity contribution in [3.8, 4) is 0 Å². The van der Waals surface area contributed by atoms with Gasteiger partial charge in [-0.15, -0.1) is 11.8 Å². The van der Waals surface area contributed by atoms with Gasteiger partial charge in [0.15, 0.2) is 0 Å². The Bertz CT molecular complexity index is 708. The van der Waals surface area contributed by atoms with Gasteiger partial charge in [-0.3, -0.25) is 9.59 Å². The topological polar surface area (TPSA) is 72.2 Å². The Morgan fingerprint density at radius 1 is 1.09 bits per heavy atom. The standard InChI is InChI=1S/C18H20N2O2S/c1-12-5-3-6-13(2)17(12)20-16(21)11-23-10-14-7-4-8-15(9-14)18(19)22/h3-9H,10-11H2,1-2H3,(H2,19,22)(H,20,21). The highest BCUT2D eigenvalue weighted by Crippen LogP contribution is 2.20. The molecule has 0 aliphatic heterocycles. The lowest BCUT2D eigenvalue weighted by Crippen LogP contribution is -2.16. The third-order valence-electron chi connectivity index (χ3n) is 3.46. The zero-order valence-electron chi connectivity index (χ0n) is 13.3. The Labute approximate surface area is 140 Å². The predicted molar refractivity (Wildman–Crippen MR) is 95.7 cm³/mol. The number of benzene rings is 2. The van der Waals surface area contributed by atoms with Gasteiger partial charge in [0, 0.05) is 17.0 Å². The number of hydrogen-bond donors (Lipinski definition) is 2. The van der Waals surface area contributed by atoms with Crippen LogP contribution < -0.4 is 11.1 Å². The molecule has 0 saturated heterocycles. The Morgan fingerprint density at radius 2 is 1.74 bits per heavy atom. The minimum atomic E-state index is -0.440. The number of para-hydroxylation sites is 1. The second kappa shape index (κ2) is 7.83. The average molecular weight is 328 g/mol. The number of nitrogens with two attached hydrogens (primary N) is 1. The molecular weight excluding hydrogens is 308 g/mol. The number of thioether (sulfide) groups is 1. The Hall–Kier alpha value is -2.27. The van der Waals surface area contributed by atoms with Crippen molar-refractivity contribution in [1.29, 1.82) is 0 Å². The largest absolute Gasteiger partial charge is 0.366 e. The van der Waals surface area contributed by atoms with E-state index in [2.05, 4.69) is 5.32 Å². The molecular formula is C18H20N2O2S. The Morgan fingerprint density at radius 3 is 2.39 bits per heavy atom. The lowest BCUT2D eigenvalue weighted by Gasteiger charge is -2.11. The molecule has 0 radical (unpaired) electrons. The van der Waals surface area contributed by atoms with Gasteiger partial charge in [0.1, 0.15) is 0 Å². The lowest BCUT2D eigenvalue weighted by molar-refractivity contribution is -0.113. The van der Waals surface area contributed by atoms with Crippen LogP contribution >= 0.6 is 11.8 Å². The lowest BCUT2D eigenvalue weighted by atomic mass is 10.1. The van der Waals surface area contributed by atoms with Gasteiger partial charge in [0.2, 0.25) is 11.8 Å². The summed E-state index contributed by atoms with van der Waals surface area (Å²) in [5.41, 5.74) is 9.72. The molecule has 0 spiro atoms. The van der Waals surface area contributed by atoms with Crippen molar-refractivity contribution in [3.63, 3.8) is 0 Å². The maximum atomic E-state index is 12.1. The molecule has 0 saturated carbocycles. The Balaban J connectivity index is 1.88. The third kappa shape index (κ3) is 4.86. The molecule has 2 rings (SSSR count). The number of primary amides is 1. The van der Waals surface area contributed by atoms with E-state index in [1.807, 2.05) is 38.1 Å². The van der Waals surface area contributed by atoms with Crippen LogP contribution in [0.1, 0.15) is 27.0 Å². The number of anilines is 1. The molecule has 0 unspecified atom stereocenters. The van der Waals surface area contributed by atoms with Gasteiger partial charge in [-0.25, -0.2) is 0 Å². The quantitative estimate of drug-likeness (QED) is 0.855. The van der Waals surface area contributed by atoms with E-state index in [9.17, 15) is 9.59 Å². The maximum absolute atomic E-state index is 12.1. The van der Waals surface area contributed by atoms with E-state index in [-0.39, 0.29) is 5.91 Å². The third-order valence-corrected chi connectivity index (χ3v) is 4.46. The molecule has 5 heteroatoms. The van der Waals surface area contributed by atoms with E-state index in [0.29, 0.717) is 17.1 Å². The molecule has 4 nitrogen and oxygen atoms in total. The smallest absolute Gasteiger partial charge is 0.248 e. The maximum Gasteiger partial charge on any atom is 0.248 e. The Kier molecular flexibility index (Phi) is 5.82. The first-order valence-corrected chi connectivity index (χ1v) is 8.45. The average Bonchev–Trinajstić information content (AvgIpc) is 2.51. The number of rotatable bonds is 6. The summed E-state index contributed by atoms with van der Waals surface area (Å²) >= 11 is 1.50. The number of aryl methyl sites for hydroxylation is 2. The zero-order chi connectivity index (χ0) is 16.8. The van der Waals surface area contributed by atoms with Crippen LogP contribution in [0.15, 0.2) is 42.5 Å². The molecule has 0 aliphatic rings. The summed E-state index contributed by atoms with van der Waals surface area (Å²) < 4.78 is 0. The van der Waals surface area contributed by atoms with E-state index in [1.54, 1.807) is 18.2 Å². The molecule has 0 aromatic heterocycles. The molecule has 0 fully saturated rings. The van der Waals surface area contributed by atoms with Gasteiger partial charge in [0.25, 0.3) is 0 Å². The van der Waals surface area contributed by atoms with Gasteiger partial charge in [-0.05, 0) is 42.7 Å². The van der Waals surface area contributed by atoms with Crippen LogP contribution in [0, 0.1) is 13.8 Å². The van der Waals surface area contributed by atoms with Crippen LogP contribution in [0.25, 0.3) is 0 Å². The summed E-state index contributed by atoms with van der Waals surface area (Å²) in [6.07, 6.45) is 0. The van der Waals surface area contributed by atoms with Crippen LogP contribution in [0.3, 0.4) is 0 Å². The van der Waals surface area contributed by atoms with Gasteiger partial charge in [-0.1, -0.05) is 30.3 Å². The summed E-state index contributed by atoms with van der Waals surface area (Å²) in [4.78, 5) is 23.2. The molecule has 2 aromatic rings. The molecule has 3 N–H and O–H groups in total. The summed E-state index contributed by atoms with van der Waals surface area (Å²) in [7, 11) is 0. The highest BCUT2D eigenvalue weighted by Gasteiger charge is 2.08. The fourth-order valence-corrected chi connectivity index (χ4v) is 3.04. The predicted octanol–water partition coefficient (Wildman–Crippen LogP) is 3.27. The molecule has 0 heterocycles. The number of amides is 2. The highest BCUT2D eigenvalue weighted by atomic mass is 32.2. The summed E-state index contributed by atoms with van der Waals surface area (Å²) in [6, 6.07) is 13.1. The fraction of sp³-hybridized carbons (Fsp3) is 0.222. The monoisotopic (exact) mass is 328 g/mol. The van der Waals surface area contributed by atoms with Crippen molar-refractivity contribution in [1.82, 2.24) is 0 Å². The van der Waals surface area contributed by atoms with E-state index in [4.69, 9.17) is 5.73 Å². The molecule has 2 amide bonds. The summed E-state index contributed by atoms with van der Waals surface area (Å²) in [6.45, 7) is 3.95. The van der Waals surface area contributed by atoms with Gasteiger partial charge < -0.3 is 11.1 Å². The van der Waals surface area contributed by atoms with Crippen molar-refractivity contribution in [2.45, 2.75) is 19.6 Å². The highest BCUT2D eigenvalue weighted by molar-refractivity contribution is 7.99. The number of carbonyl (C=O) groups excluding carboxylic acids is 2. The van der Waals surface area contributed by atoms with Crippen molar-refractivity contribution < 1.29 is 9.59 Å². The normalized spacial score (nSPS) is 10.3. The van der Waals surface area contributed by atoms with E-state index >= 15 is 0 Å². The second-order valence-electron chi connectivity index (χ2n) is 5.37. The molecule has 120 valence electrons. The van der Waals surface area contributed by atoms with Crippen LogP contribution in [-0.4, -0.2) is 17.6 Å². The number of nitrogens with one attached hydrogen (secondary N) is 1. The second-order valence-corrected chi connectivity index (χ2v) is 6.36. The minimum Gasteiger partial charge on any atom is -0.366 e. The van der Waals surface area contributed by atoms with Crippen molar-refractivity contribution >= 4 is 29.3 Å². The summed E-state index contributed by atoms with van der Waals surface area (Å²) in [5, 5.41) is 2.96. The van der Waals surface area contributed by atoms with Crippen molar-refractivity contribution in [3.05, 3.63) is 64.7 Å². The first-order valence-electron chi connectivity index (χ1n) is 7.30. The molecule has 23 heavy (non-hydrogen) atoms. The fourth-order valence-electron chi connectivity index (χ4n) is 2.26. The van der Waals surface area contributed by atoms with Crippen LogP contribution in [-0.2, 0) is 10.5 Å². The first-order chi connectivity index (χ1) is 11.0. The van der Waals surface area contributed by atoms with E-state index in [0.717, 1.165) is 22.4 Å². The molecule has 0 atom stereocenters. The number of carbonyl (C=O) groups is 2. The molecule has 2 aromatic carbocycles. The minimum absolute atomic E-state index is 0.0292. The first kappa shape index (κ1) is 17.1. The van der Waals surface area contributed by atoms with Crippen LogP contribution in [0.4, 0.5) is 5.69 Å². The van der Waals surface area contributed by atoms with Crippen molar-refractivity contribution in [2.24, 2.45) is 5.73 Å². The SMILES string of the molecule is Cc1cccc(C)c1NC(=O)CSCc1cccc(C(N)=O)c1. The van der Waals surface area contributed by atoms with Crippen molar-refractivity contribution in [2.75, 3.05) is 11.1 Å². The van der Waals surface area contributed by atoms with Gasteiger partial charge >= 0.3 is 0 Å². The van der Waals surface area contributed by atoms with Gasteiger partial charge in [-0.2, -0.15) is 0 Å². The van der Waals surface area contributed by atoms with Gasteiger partial charge in [0.05, 0.1) is 5.75 Å². The van der Waals surface area contributed by atoms with Crippen LogP contribution in [0.5, 0.6) is 0 Å². The summed E-state index contributed by atoms with van der Waals surface area (Å²) in [5.74, 6) is 0.540.